The SMILES string of the molecule is CCN(CC)C(=O)c1ccc(-c2cc(F)ccc2C(C)=O)cc1. The number of hydrogen-bond acceptors (Lipinski definition) is 2. The van der Waals surface area contributed by atoms with E-state index in [4.69, 9.17) is 0 Å². The normalized spacial score (nSPS) is 10.4. The first-order chi connectivity index (χ1) is 11.0. The fourth-order valence-electron chi connectivity index (χ4n) is 2.55. The second-order valence-electron chi connectivity index (χ2n) is 5.30. The predicted octanol–water partition coefficient (Wildman–Crippen LogP) is 4.18. The van der Waals surface area contributed by atoms with E-state index < -0.39 is 5.82 Å². The lowest BCUT2D eigenvalue weighted by Crippen LogP contribution is -2.30. The van der Waals surface area contributed by atoms with E-state index in [-0.39, 0.29) is 11.7 Å². The quantitative estimate of drug-likeness (QED) is 0.777. The molecular weight excluding hydrogens is 293 g/mol. The van der Waals surface area contributed by atoms with Gasteiger partial charge in [0.2, 0.25) is 0 Å². The first kappa shape index (κ1) is 16.9. The Bertz CT molecular complexity index is 719. The standard InChI is InChI=1S/C19H20FNO2/c1-4-21(5-2)19(23)15-8-6-14(7-9-15)18-12-16(20)10-11-17(18)13(3)22/h6-12H,4-5H2,1-3H3. The molecule has 0 atom stereocenters. The fourth-order valence-corrected chi connectivity index (χ4v) is 2.55. The van der Waals surface area contributed by atoms with Crippen LogP contribution < -0.4 is 0 Å². The summed E-state index contributed by atoms with van der Waals surface area (Å²) in [5.41, 5.74) is 2.30. The van der Waals surface area contributed by atoms with E-state index >= 15 is 0 Å². The number of nitrogens with zero attached hydrogens (tertiary/aromatic N) is 1. The molecule has 4 heteroatoms. The highest BCUT2D eigenvalue weighted by molar-refractivity contribution is 6.01. The van der Waals surface area contributed by atoms with Gasteiger partial charge in [-0.05, 0) is 62.2 Å². The van der Waals surface area contributed by atoms with E-state index in [9.17, 15) is 14.0 Å². The van der Waals surface area contributed by atoms with Crippen molar-refractivity contribution in [2.75, 3.05) is 13.1 Å². The molecule has 0 saturated heterocycles. The van der Waals surface area contributed by atoms with E-state index in [0.29, 0.717) is 35.3 Å². The number of ketones is 1. The Morgan fingerprint density at radius 2 is 1.61 bits per heavy atom. The molecule has 0 spiro atoms. The molecule has 0 unspecified atom stereocenters. The number of rotatable bonds is 5. The third kappa shape index (κ3) is 3.65. The highest BCUT2D eigenvalue weighted by Crippen LogP contribution is 2.26. The summed E-state index contributed by atoms with van der Waals surface area (Å²) in [4.78, 5) is 25.7. The van der Waals surface area contributed by atoms with Gasteiger partial charge < -0.3 is 4.90 Å². The molecule has 0 aliphatic heterocycles. The summed E-state index contributed by atoms with van der Waals surface area (Å²) in [6, 6.07) is 11.0. The molecule has 0 heterocycles. The molecule has 0 fully saturated rings. The molecule has 0 radical (unpaired) electrons. The average molecular weight is 313 g/mol. The predicted molar refractivity (Wildman–Crippen MR) is 89.1 cm³/mol. The Hall–Kier alpha value is -2.49. The zero-order valence-electron chi connectivity index (χ0n) is 13.6. The number of Topliss-reactive ketones (excluding diaryl/α,β-unsaturated/α-hetero) is 1. The molecule has 2 rings (SSSR count). The lowest BCUT2D eigenvalue weighted by molar-refractivity contribution is 0.0772. The van der Waals surface area contributed by atoms with Gasteiger partial charge in [0, 0.05) is 24.2 Å². The lowest BCUT2D eigenvalue weighted by atomic mass is 9.96. The van der Waals surface area contributed by atoms with E-state index in [2.05, 4.69) is 0 Å². The molecule has 0 aliphatic carbocycles. The highest BCUT2D eigenvalue weighted by Gasteiger charge is 2.14. The van der Waals surface area contributed by atoms with Gasteiger partial charge in [-0.2, -0.15) is 0 Å². The van der Waals surface area contributed by atoms with Crippen molar-refractivity contribution in [2.24, 2.45) is 0 Å². The van der Waals surface area contributed by atoms with Gasteiger partial charge in [-0.25, -0.2) is 4.39 Å². The van der Waals surface area contributed by atoms with Crippen molar-refractivity contribution in [1.82, 2.24) is 4.90 Å². The van der Waals surface area contributed by atoms with Crippen LogP contribution in [0.1, 0.15) is 41.5 Å². The molecular formula is C19H20FNO2. The smallest absolute Gasteiger partial charge is 0.253 e. The number of benzene rings is 2. The van der Waals surface area contributed by atoms with Crippen molar-refractivity contribution < 1.29 is 14.0 Å². The number of carbonyl (C=O) groups is 2. The van der Waals surface area contributed by atoms with Crippen molar-refractivity contribution in [1.29, 1.82) is 0 Å². The van der Waals surface area contributed by atoms with Gasteiger partial charge in [-0.15, -0.1) is 0 Å². The number of amides is 1. The van der Waals surface area contributed by atoms with Crippen molar-refractivity contribution in [3.63, 3.8) is 0 Å². The summed E-state index contributed by atoms with van der Waals surface area (Å²) in [5, 5.41) is 0. The molecule has 2 aromatic carbocycles. The third-order valence-electron chi connectivity index (χ3n) is 3.85. The van der Waals surface area contributed by atoms with Gasteiger partial charge in [0.1, 0.15) is 5.82 Å². The van der Waals surface area contributed by atoms with Crippen LogP contribution >= 0.6 is 0 Å². The van der Waals surface area contributed by atoms with Crippen molar-refractivity contribution in [3.05, 3.63) is 59.4 Å². The topological polar surface area (TPSA) is 37.4 Å². The van der Waals surface area contributed by atoms with Gasteiger partial charge >= 0.3 is 0 Å². The van der Waals surface area contributed by atoms with E-state index in [1.54, 1.807) is 29.2 Å². The Kier molecular flexibility index (Phi) is 5.27. The van der Waals surface area contributed by atoms with E-state index in [1.165, 1.54) is 25.1 Å². The van der Waals surface area contributed by atoms with Gasteiger partial charge in [-0.3, -0.25) is 9.59 Å². The van der Waals surface area contributed by atoms with Crippen LogP contribution in [-0.4, -0.2) is 29.7 Å². The molecule has 0 bridgehead atoms. The molecule has 1 amide bonds. The molecule has 0 N–H and O–H groups in total. The largest absolute Gasteiger partial charge is 0.339 e. The molecule has 120 valence electrons. The molecule has 23 heavy (non-hydrogen) atoms. The summed E-state index contributed by atoms with van der Waals surface area (Å²) in [6.07, 6.45) is 0. The molecule has 0 saturated carbocycles. The van der Waals surface area contributed by atoms with Gasteiger partial charge in [0.05, 0.1) is 0 Å². The summed E-state index contributed by atoms with van der Waals surface area (Å²) < 4.78 is 13.5. The monoisotopic (exact) mass is 313 g/mol. The van der Waals surface area contributed by atoms with Crippen LogP contribution in [0.15, 0.2) is 42.5 Å². The van der Waals surface area contributed by atoms with E-state index in [1.807, 2.05) is 13.8 Å². The maximum absolute atomic E-state index is 13.5. The maximum atomic E-state index is 13.5. The fraction of sp³-hybridized carbons (Fsp3) is 0.263. The summed E-state index contributed by atoms with van der Waals surface area (Å²) in [6.45, 7) is 6.61. The third-order valence-corrected chi connectivity index (χ3v) is 3.85. The molecule has 0 aliphatic rings. The molecule has 3 nitrogen and oxygen atoms in total. The maximum Gasteiger partial charge on any atom is 0.253 e. The first-order valence-corrected chi connectivity index (χ1v) is 7.68. The second kappa shape index (κ2) is 7.18. The van der Waals surface area contributed by atoms with Crippen LogP contribution in [0.3, 0.4) is 0 Å². The van der Waals surface area contributed by atoms with Crippen molar-refractivity contribution in [2.45, 2.75) is 20.8 Å². The first-order valence-electron chi connectivity index (χ1n) is 7.68. The summed E-state index contributed by atoms with van der Waals surface area (Å²) in [7, 11) is 0. The Morgan fingerprint density at radius 3 is 2.13 bits per heavy atom. The second-order valence-corrected chi connectivity index (χ2v) is 5.30. The average Bonchev–Trinajstić information content (AvgIpc) is 2.55. The van der Waals surface area contributed by atoms with Crippen LogP contribution in [0, 0.1) is 5.82 Å². The van der Waals surface area contributed by atoms with Crippen molar-refractivity contribution >= 4 is 11.7 Å². The van der Waals surface area contributed by atoms with Gasteiger partial charge in [0.25, 0.3) is 5.91 Å². The van der Waals surface area contributed by atoms with Crippen LogP contribution in [0.5, 0.6) is 0 Å². The van der Waals surface area contributed by atoms with E-state index in [0.717, 1.165) is 0 Å². The van der Waals surface area contributed by atoms with Crippen LogP contribution in [0.4, 0.5) is 4.39 Å². The number of hydrogen-bond donors (Lipinski definition) is 0. The minimum Gasteiger partial charge on any atom is -0.339 e. The summed E-state index contributed by atoms with van der Waals surface area (Å²) in [5.74, 6) is -0.552. The van der Waals surface area contributed by atoms with Gasteiger partial charge in [-0.1, -0.05) is 12.1 Å². The van der Waals surface area contributed by atoms with Crippen LogP contribution in [0.2, 0.25) is 0 Å². The van der Waals surface area contributed by atoms with Crippen LogP contribution in [-0.2, 0) is 0 Å². The zero-order valence-corrected chi connectivity index (χ0v) is 13.6. The number of halogens is 1. The molecule has 2 aromatic rings. The minimum atomic E-state index is -0.395. The minimum absolute atomic E-state index is 0.0346. The van der Waals surface area contributed by atoms with Gasteiger partial charge in [0.15, 0.2) is 5.78 Å². The highest BCUT2D eigenvalue weighted by atomic mass is 19.1. The Balaban J connectivity index is 2.39. The lowest BCUT2D eigenvalue weighted by Gasteiger charge is -2.18. The zero-order chi connectivity index (χ0) is 17.0. The van der Waals surface area contributed by atoms with Crippen molar-refractivity contribution in [3.8, 4) is 11.1 Å². The number of carbonyl (C=O) groups excluding carboxylic acids is 2. The Labute approximate surface area is 135 Å². The molecule has 0 aromatic heterocycles. The van der Waals surface area contributed by atoms with Crippen LogP contribution in [0.25, 0.3) is 11.1 Å². The summed E-state index contributed by atoms with van der Waals surface area (Å²) >= 11 is 0. The Morgan fingerprint density at radius 1 is 1.00 bits per heavy atom.